The maximum absolute atomic E-state index is 13.7. The number of benzene rings is 2. The SMILES string of the molecule is CC(OC(=O)CN(C)S(=O)(=O)c1ccc(F)cc1)c1cc(F)ccc1F. The first-order chi connectivity index (χ1) is 12.1. The number of esters is 1. The molecular weight excluding hydrogens is 371 g/mol. The highest BCUT2D eigenvalue weighted by Crippen LogP contribution is 2.22. The van der Waals surface area contributed by atoms with E-state index in [1.165, 1.54) is 6.92 Å². The van der Waals surface area contributed by atoms with Crippen molar-refractivity contribution in [1.29, 1.82) is 0 Å². The lowest BCUT2D eigenvalue weighted by Crippen LogP contribution is -2.33. The van der Waals surface area contributed by atoms with E-state index in [1.54, 1.807) is 0 Å². The van der Waals surface area contributed by atoms with Gasteiger partial charge in [0.1, 0.15) is 30.1 Å². The van der Waals surface area contributed by atoms with E-state index in [4.69, 9.17) is 4.74 Å². The number of halogens is 3. The van der Waals surface area contributed by atoms with E-state index in [-0.39, 0.29) is 10.5 Å². The Morgan fingerprint density at radius 3 is 2.27 bits per heavy atom. The van der Waals surface area contributed by atoms with Crippen molar-refractivity contribution in [2.24, 2.45) is 0 Å². The summed E-state index contributed by atoms with van der Waals surface area (Å²) in [7, 11) is -2.89. The van der Waals surface area contributed by atoms with Crippen LogP contribution in [0.5, 0.6) is 0 Å². The van der Waals surface area contributed by atoms with Crippen LogP contribution in [0.25, 0.3) is 0 Å². The Labute approximate surface area is 149 Å². The fourth-order valence-corrected chi connectivity index (χ4v) is 3.29. The van der Waals surface area contributed by atoms with Gasteiger partial charge in [-0.05, 0) is 49.4 Å². The summed E-state index contributed by atoms with van der Waals surface area (Å²) in [6, 6.07) is 6.82. The van der Waals surface area contributed by atoms with E-state index in [1.807, 2.05) is 0 Å². The van der Waals surface area contributed by atoms with E-state index in [0.717, 1.165) is 53.8 Å². The average Bonchev–Trinajstić information content (AvgIpc) is 2.57. The quantitative estimate of drug-likeness (QED) is 0.715. The Bertz CT molecular complexity index is 901. The topological polar surface area (TPSA) is 63.7 Å². The van der Waals surface area contributed by atoms with Crippen LogP contribution < -0.4 is 0 Å². The van der Waals surface area contributed by atoms with Crippen molar-refractivity contribution in [2.45, 2.75) is 17.9 Å². The van der Waals surface area contributed by atoms with Crippen molar-refractivity contribution in [3.63, 3.8) is 0 Å². The van der Waals surface area contributed by atoms with Crippen molar-refractivity contribution >= 4 is 16.0 Å². The number of nitrogens with zero attached hydrogens (tertiary/aromatic N) is 1. The maximum Gasteiger partial charge on any atom is 0.321 e. The molecule has 2 aromatic carbocycles. The first-order valence-electron chi connectivity index (χ1n) is 7.47. The largest absolute Gasteiger partial charge is 0.457 e. The molecule has 0 saturated heterocycles. The number of likely N-dealkylation sites (N-methyl/N-ethyl adjacent to an activating group) is 1. The van der Waals surface area contributed by atoms with Gasteiger partial charge in [-0.1, -0.05) is 0 Å². The van der Waals surface area contributed by atoms with Gasteiger partial charge in [-0.2, -0.15) is 4.31 Å². The van der Waals surface area contributed by atoms with E-state index in [9.17, 15) is 26.4 Å². The molecule has 0 bridgehead atoms. The minimum Gasteiger partial charge on any atom is -0.457 e. The summed E-state index contributed by atoms with van der Waals surface area (Å²) in [6.45, 7) is 0.686. The molecule has 0 heterocycles. The van der Waals surface area contributed by atoms with Crippen LogP contribution in [0.2, 0.25) is 0 Å². The number of rotatable bonds is 6. The van der Waals surface area contributed by atoms with Gasteiger partial charge in [0, 0.05) is 12.6 Å². The summed E-state index contributed by atoms with van der Waals surface area (Å²) < 4.78 is 70.1. The summed E-state index contributed by atoms with van der Waals surface area (Å²) >= 11 is 0. The molecule has 0 aromatic heterocycles. The lowest BCUT2D eigenvalue weighted by molar-refractivity contribution is -0.148. The molecule has 2 aromatic rings. The third-order valence-corrected chi connectivity index (χ3v) is 5.40. The van der Waals surface area contributed by atoms with Crippen LogP contribution in [-0.2, 0) is 19.6 Å². The molecule has 0 aliphatic carbocycles. The summed E-state index contributed by atoms with van der Waals surface area (Å²) in [6.07, 6.45) is -1.11. The number of ether oxygens (including phenoxy) is 1. The van der Waals surface area contributed by atoms with Crippen LogP contribution in [0.4, 0.5) is 13.2 Å². The Morgan fingerprint density at radius 1 is 1.08 bits per heavy atom. The van der Waals surface area contributed by atoms with Crippen LogP contribution in [0.1, 0.15) is 18.6 Å². The first-order valence-corrected chi connectivity index (χ1v) is 8.91. The van der Waals surface area contributed by atoms with Crippen LogP contribution in [0.3, 0.4) is 0 Å². The highest BCUT2D eigenvalue weighted by molar-refractivity contribution is 7.89. The molecule has 2 rings (SSSR count). The van der Waals surface area contributed by atoms with Crippen molar-refractivity contribution < 1.29 is 31.1 Å². The fourth-order valence-electron chi connectivity index (χ4n) is 2.18. The number of hydrogen-bond acceptors (Lipinski definition) is 4. The second-order valence-electron chi connectivity index (χ2n) is 5.51. The Kier molecular flexibility index (Phi) is 6.04. The molecule has 1 unspecified atom stereocenters. The minimum atomic E-state index is -4.03. The average molecular weight is 387 g/mol. The van der Waals surface area contributed by atoms with Gasteiger partial charge in [-0.25, -0.2) is 21.6 Å². The van der Waals surface area contributed by atoms with E-state index in [0.29, 0.717) is 0 Å². The summed E-state index contributed by atoms with van der Waals surface area (Å²) in [5.74, 6) is -2.99. The smallest absolute Gasteiger partial charge is 0.321 e. The Balaban J connectivity index is 2.06. The van der Waals surface area contributed by atoms with Gasteiger partial charge in [0.15, 0.2) is 0 Å². The molecule has 0 fully saturated rings. The lowest BCUT2D eigenvalue weighted by atomic mass is 10.1. The zero-order valence-electron chi connectivity index (χ0n) is 13.9. The molecule has 0 saturated carbocycles. The summed E-state index contributed by atoms with van der Waals surface area (Å²) in [5.41, 5.74) is -0.164. The lowest BCUT2D eigenvalue weighted by Gasteiger charge is -2.19. The van der Waals surface area contributed by atoms with Crippen molar-refractivity contribution in [3.05, 3.63) is 65.5 Å². The Hall–Kier alpha value is -2.39. The van der Waals surface area contributed by atoms with Gasteiger partial charge in [-0.15, -0.1) is 0 Å². The van der Waals surface area contributed by atoms with Crippen LogP contribution in [0, 0.1) is 17.5 Å². The third kappa shape index (κ3) is 4.61. The molecule has 0 aliphatic rings. The number of hydrogen-bond donors (Lipinski definition) is 0. The molecule has 0 N–H and O–H groups in total. The first kappa shape index (κ1) is 19.9. The minimum absolute atomic E-state index is 0.164. The Morgan fingerprint density at radius 2 is 1.65 bits per heavy atom. The zero-order chi connectivity index (χ0) is 19.5. The van der Waals surface area contributed by atoms with Crippen LogP contribution >= 0.6 is 0 Å². The molecule has 0 amide bonds. The summed E-state index contributed by atoms with van der Waals surface area (Å²) in [4.78, 5) is 11.8. The van der Waals surface area contributed by atoms with Crippen LogP contribution in [0.15, 0.2) is 47.4 Å². The molecule has 9 heteroatoms. The van der Waals surface area contributed by atoms with E-state index in [2.05, 4.69) is 0 Å². The highest BCUT2D eigenvalue weighted by atomic mass is 32.2. The standard InChI is InChI=1S/C17H16F3NO4S/c1-11(15-9-13(19)5-8-16(15)20)25-17(22)10-21(2)26(23,24)14-6-3-12(18)4-7-14/h3-9,11H,10H2,1-2H3. The fraction of sp³-hybridized carbons (Fsp3) is 0.235. The van der Waals surface area contributed by atoms with Gasteiger partial charge >= 0.3 is 5.97 Å². The van der Waals surface area contributed by atoms with Gasteiger partial charge in [0.2, 0.25) is 10.0 Å². The molecule has 0 spiro atoms. The van der Waals surface area contributed by atoms with Gasteiger partial charge in [-0.3, -0.25) is 4.79 Å². The number of sulfonamides is 1. The number of carbonyl (C=O) groups excluding carboxylic acids is 1. The van der Waals surface area contributed by atoms with Gasteiger partial charge in [0.25, 0.3) is 0 Å². The highest BCUT2D eigenvalue weighted by Gasteiger charge is 2.25. The van der Waals surface area contributed by atoms with Crippen molar-refractivity contribution in [2.75, 3.05) is 13.6 Å². The maximum atomic E-state index is 13.7. The van der Waals surface area contributed by atoms with E-state index < -0.39 is 46.1 Å². The zero-order valence-corrected chi connectivity index (χ0v) is 14.8. The monoisotopic (exact) mass is 387 g/mol. The predicted molar refractivity (Wildman–Crippen MR) is 87.1 cm³/mol. The molecule has 26 heavy (non-hydrogen) atoms. The number of carbonyl (C=O) groups is 1. The molecule has 140 valence electrons. The molecular formula is C17H16F3NO4S. The summed E-state index contributed by atoms with van der Waals surface area (Å²) in [5, 5.41) is 0. The molecule has 1 atom stereocenters. The normalized spacial score (nSPS) is 12.8. The molecule has 0 aliphatic heterocycles. The molecule has 5 nitrogen and oxygen atoms in total. The van der Waals surface area contributed by atoms with Crippen molar-refractivity contribution in [1.82, 2.24) is 4.31 Å². The van der Waals surface area contributed by atoms with Gasteiger partial charge in [0.05, 0.1) is 4.90 Å². The predicted octanol–water partition coefficient (Wildman–Crippen LogP) is 3.03. The van der Waals surface area contributed by atoms with Crippen LogP contribution in [-0.4, -0.2) is 32.3 Å². The third-order valence-electron chi connectivity index (χ3n) is 3.58. The van der Waals surface area contributed by atoms with Gasteiger partial charge < -0.3 is 4.74 Å². The second-order valence-corrected chi connectivity index (χ2v) is 7.56. The van der Waals surface area contributed by atoms with E-state index >= 15 is 0 Å². The molecule has 0 radical (unpaired) electrons. The second kappa shape index (κ2) is 7.88. The van der Waals surface area contributed by atoms with Crippen molar-refractivity contribution in [3.8, 4) is 0 Å².